The standard InChI is InChI=1S/C17H26N2O/c1-18-17(13-20,15-5-3-2-4-6-15)12-19(16-9-10-16)11-14-7-8-14/h2-6,14,16,18,20H,7-13H2,1H3. The van der Waals surface area contributed by atoms with Crippen molar-refractivity contribution in [2.75, 3.05) is 26.7 Å². The highest BCUT2D eigenvalue weighted by Gasteiger charge is 2.39. The number of aliphatic hydroxyl groups is 1. The van der Waals surface area contributed by atoms with Gasteiger partial charge in [-0.05, 0) is 44.2 Å². The number of nitrogens with one attached hydrogen (secondary N) is 1. The average molecular weight is 274 g/mol. The van der Waals surface area contributed by atoms with Gasteiger partial charge in [-0.1, -0.05) is 30.3 Å². The van der Waals surface area contributed by atoms with E-state index in [1.807, 2.05) is 13.1 Å². The second-order valence-electron chi connectivity index (χ2n) is 6.46. The van der Waals surface area contributed by atoms with Crippen LogP contribution in [0.25, 0.3) is 0 Å². The zero-order valence-electron chi connectivity index (χ0n) is 12.4. The first-order valence-electron chi connectivity index (χ1n) is 7.87. The Kier molecular flexibility index (Phi) is 4.11. The molecule has 0 radical (unpaired) electrons. The predicted octanol–water partition coefficient (Wildman–Crippen LogP) is 1.97. The quantitative estimate of drug-likeness (QED) is 0.761. The van der Waals surface area contributed by atoms with Crippen LogP contribution in [0.1, 0.15) is 31.2 Å². The van der Waals surface area contributed by atoms with Crippen LogP contribution >= 0.6 is 0 Å². The van der Waals surface area contributed by atoms with Gasteiger partial charge in [-0.25, -0.2) is 0 Å². The van der Waals surface area contributed by atoms with Crippen molar-refractivity contribution in [3.63, 3.8) is 0 Å². The molecule has 2 N–H and O–H groups in total. The van der Waals surface area contributed by atoms with E-state index < -0.39 is 0 Å². The first-order chi connectivity index (χ1) is 9.77. The van der Waals surface area contributed by atoms with E-state index >= 15 is 0 Å². The summed E-state index contributed by atoms with van der Waals surface area (Å²) in [4.78, 5) is 2.61. The van der Waals surface area contributed by atoms with Crippen LogP contribution < -0.4 is 5.32 Å². The molecule has 2 aliphatic rings. The Morgan fingerprint density at radius 3 is 2.40 bits per heavy atom. The third-order valence-electron chi connectivity index (χ3n) is 4.80. The van der Waals surface area contributed by atoms with Gasteiger partial charge in [0, 0.05) is 19.1 Å². The minimum Gasteiger partial charge on any atom is -0.394 e. The van der Waals surface area contributed by atoms with Crippen molar-refractivity contribution in [1.82, 2.24) is 10.2 Å². The molecule has 0 aromatic heterocycles. The van der Waals surface area contributed by atoms with Crippen molar-refractivity contribution in [1.29, 1.82) is 0 Å². The van der Waals surface area contributed by atoms with Crippen LogP contribution in [-0.4, -0.2) is 42.8 Å². The van der Waals surface area contributed by atoms with Crippen LogP contribution in [0.15, 0.2) is 30.3 Å². The van der Waals surface area contributed by atoms with Crippen molar-refractivity contribution < 1.29 is 5.11 Å². The number of aliphatic hydroxyl groups excluding tert-OH is 1. The number of rotatable bonds is 8. The van der Waals surface area contributed by atoms with E-state index in [0.717, 1.165) is 18.5 Å². The summed E-state index contributed by atoms with van der Waals surface area (Å²) in [7, 11) is 1.96. The Balaban J connectivity index is 1.77. The molecule has 0 bridgehead atoms. The minimum atomic E-state index is -0.335. The molecule has 0 saturated heterocycles. The largest absolute Gasteiger partial charge is 0.394 e. The summed E-state index contributed by atoms with van der Waals surface area (Å²) in [6.07, 6.45) is 5.43. The molecule has 3 rings (SSSR count). The third-order valence-corrected chi connectivity index (χ3v) is 4.80. The highest BCUT2D eigenvalue weighted by molar-refractivity contribution is 5.25. The van der Waals surface area contributed by atoms with Crippen LogP contribution in [0.4, 0.5) is 0 Å². The van der Waals surface area contributed by atoms with Crippen molar-refractivity contribution in [2.24, 2.45) is 5.92 Å². The number of likely N-dealkylation sites (N-methyl/N-ethyl adjacent to an activating group) is 1. The topological polar surface area (TPSA) is 35.5 Å². The van der Waals surface area contributed by atoms with Gasteiger partial charge in [0.15, 0.2) is 0 Å². The van der Waals surface area contributed by atoms with Crippen LogP contribution in [0, 0.1) is 5.92 Å². The van der Waals surface area contributed by atoms with Crippen LogP contribution in [-0.2, 0) is 5.54 Å². The Hall–Kier alpha value is -0.900. The fourth-order valence-corrected chi connectivity index (χ4v) is 3.05. The maximum atomic E-state index is 10.0. The maximum absolute atomic E-state index is 10.0. The molecule has 110 valence electrons. The van der Waals surface area contributed by atoms with Gasteiger partial charge in [0.1, 0.15) is 0 Å². The maximum Gasteiger partial charge on any atom is 0.0795 e. The second kappa shape index (κ2) is 5.84. The second-order valence-corrected chi connectivity index (χ2v) is 6.46. The van der Waals surface area contributed by atoms with E-state index in [2.05, 4.69) is 34.5 Å². The number of nitrogens with zero attached hydrogens (tertiary/aromatic N) is 1. The summed E-state index contributed by atoms with van der Waals surface area (Å²) in [5, 5.41) is 13.4. The summed E-state index contributed by atoms with van der Waals surface area (Å²) in [6.45, 7) is 2.26. The molecule has 2 fully saturated rings. The first kappa shape index (κ1) is 14.1. The van der Waals surface area contributed by atoms with Gasteiger partial charge in [-0.2, -0.15) is 0 Å². The minimum absolute atomic E-state index is 0.140. The van der Waals surface area contributed by atoms with Crippen LogP contribution in [0.5, 0.6) is 0 Å². The van der Waals surface area contributed by atoms with Crippen LogP contribution in [0.3, 0.4) is 0 Å². The number of hydrogen-bond donors (Lipinski definition) is 2. The van der Waals surface area contributed by atoms with Gasteiger partial charge >= 0.3 is 0 Å². The molecule has 0 aliphatic heterocycles. The molecule has 3 nitrogen and oxygen atoms in total. The highest BCUT2D eigenvalue weighted by atomic mass is 16.3. The van der Waals surface area contributed by atoms with Crippen molar-refractivity contribution >= 4 is 0 Å². The third kappa shape index (κ3) is 3.05. The molecule has 0 heterocycles. The molecule has 2 aliphatic carbocycles. The normalized spacial score (nSPS) is 21.9. The molecule has 3 heteroatoms. The fourth-order valence-electron chi connectivity index (χ4n) is 3.05. The monoisotopic (exact) mass is 274 g/mol. The van der Waals surface area contributed by atoms with Gasteiger partial charge in [-0.3, -0.25) is 4.90 Å². The highest BCUT2D eigenvalue weighted by Crippen LogP contribution is 2.36. The molecule has 0 amide bonds. The zero-order chi connectivity index (χ0) is 14.0. The lowest BCUT2D eigenvalue weighted by atomic mass is 9.90. The Morgan fingerprint density at radius 1 is 1.20 bits per heavy atom. The molecule has 1 aromatic rings. The number of hydrogen-bond acceptors (Lipinski definition) is 3. The summed E-state index contributed by atoms with van der Waals surface area (Å²) >= 11 is 0. The molecular weight excluding hydrogens is 248 g/mol. The number of benzene rings is 1. The lowest BCUT2D eigenvalue weighted by Gasteiger charge is -2.38. The van der Waals surface area contributed by atoms with Crippen molar-refractivity contribution in [3.8, 4) is 0 Å². The predicted molar refractivity (Wildman–Crippen MR) is 81.6 cm³/mol. The zero-order valence-corrected chi connectivity index (χ0v) is 12.4. The lowest BCUT2D eigenvalue weighted by Crippen LogP contribution is -2.53. The van der Waals surface area contributed by atoms with Gasteiger partial charge in [0.05, 0.1) is 12.1 Å². The summed E-state index contributed by atoms with van der Waals surface area (Å²) < 4.78 is 0. The van der Waals surface area contributed by atoms with Gasteiger partial charge in [0.25, 0.3) is 0 Å². The first-order valence-corrected chi connectivity index (χ1v) is 7.87. The molecule has 20 heavy (non-hydrogen) atoms. The SMILES string of the molecule is CNC(CO)(CN(CC1CC1)C1CC1)c1ccccc1. The van der Waals surface area contributed by atoms with Crippen molar-refractivity contribution in [2.45, 2.75) is 37.3 Å². The summed E-state index contributed by atoms with van der Waals surface area (Å²) in [5.74, 6) is 0.902. The summed E-state index contributed by atoms with van der Waals surface area (Å²) in [5.41, 5.74) is 0.852. The van der Waals surface area contributed by atoms with Crippen LogP contribution in [0.2, 0.25) is 0 Å². The van der Waals surface area contributed by atoms with E-state index in [1.54, 1.807) is 0 Å². The van der Waals surface area contributed by atoms with E-state index in [-0.39, 0.29) is 12.1 Å². The van der Waals surface area contributed by atoms with E-state index in [1.165, 1.54) is 37.8 Å². The molecule has 1 aromatic carbocycles. The molecule has 1 atom stereocenters. The van der Waals surface area contributed by atoms with Gasteiger partial charge < -0.3 is 10.4 Å². The Bertz CT molecular complexity index is 422. The molecular formula is C17H26N2O. The van der Waals surface area contributed by atoms with Gasteiger partial charge in [-0.15, -0.1) is 0 Å². The van der Waals surface area contributed by atoms with Gasteiger partial charge in [0.2, 0.25) is 0 Å². The molecule has 2 saturated carbocycles. The van der Waals surface area contributed by atoms with Crippen molar-refractivity contribution in [3.05, 3.63) is 35.9 Å². The average Bonchev–Trinajstić information content (AvgIpc) is 3.38. The lowest BCUT2D eigenvalue weighted by molar-refractivity contribution is 0.105. The molecule has 0 spiro atoms. The van der Waals surface area contributed by atoms with E-state index in [9.17, 15) is 5.11 Å². The smallest absolute Gasteiger partial charge is 0.0795 e. The fraction of sp³-hybridized carbons (Fsp3) is 0.647. The Labute approximate surface area is 122 Å². The molecule has 1 unspecified atom stereocenters. The summed E-state index contributed by atoms with van der Waals surface area (Å²) in [6, 6.07) is 11.1. The Morgan fingerprint density at radius 2 is 1.90 bits per heavy atom. The van der Waals surface area contributed by atoms with E-state index in [0.29, 0.717) is 0 Å². The van der Waals surface area contributed by atoms with E-state index in [4.69, 9.17) is 0 Å².